The molecule has 2 N–H and O–H groups in total. The molecule has 2 fully saturated rings. The normalized spacial score (nSPS) is 30.3. The lowest BCUT2D eigenvalue weighted by Crippen LogP contribution is -2.63. The molecule has 1 amide bonds. The Morgan fingerprint density at radius 3 is 2.69 bits per heavy atom. The monoisotopic (exact) mass is 487 g/mol. The van der Waals surface area contributed by atoms with E-state index >= 15 is 0 Å². The van der Waals surface area contributed by atoms with Crippen LogP contribution in [0.5, 0.6) is 0 Å². The molecule has 8 nitrogen and oxygen atoms in total. The summed E-state index contributed by atoms with van der Waals surface area (Å²) in [6.07, 6.45) is 2.83. The first-order chi connectivity index (χ1) is 16.6. The second-order valence-electron chi connectivity index (χ2n) is 11.6. The fourth-order valence-corrected chi connectivity index (χ4v) is 5.90. The molecule has 0 unspecified atom stereocenters. The maximum Gasteiger partial charge on any atom is 0.241 e. The van der Waals surface area contributed by atoms with Crippen molar-refractivity contribution in [1.29, 1.82) is 0 Å². The van der Waals surface area contributed by atoms with Crippen LogP contribution in [0.15, 0.2) is 12.3 Å². The fourth-order valence-electron chi connectivity index (χ4n) is 5.90. The van der Waals surface area contributed by atoms with E-state index in [0.717, 1.165) is 56.2 Å². The lowest BCUT2D eigenvalue weighted by Gasteiger charge is -2.46. The van der Waals surface area contributed by atoms with Crippen LogP contribution in [0.25, 0.3) is 0 Å². The van der Waals surface area contributed by atoms with E-state index in [-0.39, 0.29) is 17.4 Å². The third kappa shape index (κ3) is 5.72. The first-order valence-electron chi connectivity index (χ1n) is 13.4. The summed E-state index contributed by atoms with van der Waals surface area (Å²) in [7, 11) is 0. The molecule has 3 aliphatic rings. The fraction of sp³-hybridized carbons (Fsp3) is 0.778. The Morgan fingerprint density at radius 2 is 2.00 bits per heavy atom. The number of nitrogens with one attached hydrogen (secondary N) is 1. The number of hydrogen-bond acceptors (Lipinski definition) is 7. The minimum absolute atomic E-state index is 0.114. The van der Waals surface area contributed by atoms with Gasteiger partial charge in [-0.05, 0) is 33.3 Å². The van der Waals surface area contributed by atoms with Crippen LogP contribution < -0.4 is 10.2 Å². The van der Waals surface area contributed by atoms with Crippen molar-refractivity contribution in [3.05, 3.63) is 23.5 Å². The second kappa shape index (κ2) is 10.8. The Labute approximate surface area is 211 Å². The Hall–Kier alpha value is -1.58. The van der Waals surface area contributed by atoms with Gasteiger partial charge in [0.1, 0.15) is 0 Å². The third-order valence-corrected chi connectivity index (χ3v) is 7.96. The van der Waals surface area contributed by atoms with Crippen LogP contribution >= 0.6 is 0 Å². The molecule has 2 saturated heterocycles. The molecule has 196 valence electrons. The number of amides is 1. The highest BCUT2D eigenvalue weighted by Gasteiger charge is 2.41. The van der Waals surface area contributed by atoms with Gasteiger partial charge in [0.25, 0.3) is 0 Å². The number of aromatic nitrogens is 1. The topological polar surface area (TPSA) is 81.2 Å². The van der Waals surface area contributed by atoms with Gasteiger partial charge in [-0.15, -0.1) is 0 Å². The molecule has 35 heavy (non-hydrogen) atoms. The second-order valence-corrected chi connectivity index (χ2v) is 11.6. The SMILES string of the molecule is CCC[C@@H](O)c1cnc2c(c1)N(C(=O)CN1C[C@@H](C)NC[C@@H]1CN1[C@H](C)COC[C@H]1C)CC2(C)C. The Kier molecular flexibility index (Phi) is 8.18. The number of morpholine rings is 1. The molecule has 0 spiro atoms. The summed E-state index contributed by atoms with van der Waals surface area (Å²) >= 11 is 0. The summed E-state index contributed by atoms with van der Waals surface area (Å²) in [5.41, 5.74) is 2.39. The van der Waals surface area contributed by atoms with Crippen LogP contribution in [0.3, 0.4) is 0 Å². The maximum atomic E-state index is 13.8. The Bertz CT molecular complexity index is 884. The summed E-state index contributed by atoms with van der Waals surface area (Å²) in [5, 5.41) is 14.2. The van der Waals surface area contributed by atoms with Gasteiger partial charge in [0.05, 0.1) is 37.2 Å². The molecule has 0 aromatic carbocycles. The standard InChI is InChI=1S/C27H45N5O3/c1-7-8-24(33)21-9-23-26(29-10-21)27(5,6)17-32(23)25(34)14-30-12-18(2)28-11-22(30)13-31-19(3)15-35-16-20(31)4/h9-10,18-20,22,24,28,33H,7-8,11-17H2,1-6H3/t18-,19-,20-,22-,24-/m1/s1. The zero-order valence-electron chi connectivity index (χ0n) is 22.5. The first kappa shape index (κ1) is 26.5. The molecule has 1 aromatic rings. The summed E-state index contributed by atoms with van der Waals surface area (Å²) in [5.74, 6) is 0.114. The number of carbonyl (C=O) groups excluding carboxylic acids is 1. The smallest absolute Gasteiger partial charge is 0.241 e. The number of rotatable bonds is 7. The van der Waals surface area contributed by atoms with E-state index in [9.17, 15) is 9.90 Å². The zero-order chi connectivity index (χ0) is 25.3. The largest absolute Gasteiger partial charge is 0.388 e. The average Bonchev–Trinajstić information content (AvgIpc) is 3.08. The van der Waals surface area contributed by atoms with E-state index in [1.807, 2.05) is 11.0 Å². The molecule has 0 radical (unpaired) electrons. The van der Waals surface area contributed by atoms with Crippen molar-refractivity contribution in [3.8, 4) is 0 Å². The maximum absolute atomic E-state index is 13.8. The number of nitrogens with zero attached hydrogens (tertiary/aromatic N) is 4. The van der Waals surface area contributed by atoms with Crippen LogP contribution in [0, 0.1) is 0 Å². The number of carbonyl (C=O) groups is 1. The molecule has 4 rings (SSSR count). The van der Waals surface area contributed by atoms with Crippen molar-refractivity contribution in [2.75, 3.05) is 50.8 Å². The molecule has 0 bridgehead atoms. The van der Waals surface area contributed by atoms with Crippen LogP contribution in [-0.2, 0) is 14.9 Å². The van der Waals surface area contributed by atoms with Gasteiger partial charge < -0.3 is 20.1 Å². The van der Waals surface area contributed by atoms with Gasteiger partial charge >= 0.3 is 0 Å². The summed E-state index contributed by atoms with van der Waals surface area (Å²) < 4.78 is 5.73. The quantitative estimate of drug-likeness (QED) is 0.611. The van der Waals surface area contributed by atoms with Crippen LogP contribution in [0.1, 0.15) is 71.7 Å². The zero-order valence-corrected chi connectivity index (χ0v) is 22.5. The molecule has 8 heteroatoms. The molecular formula is C27H45N5O3. The average molecular weight is 488 g/mol. The van der Waals surface area contributed by atoms with Crippen molar-refractivity contribution >= 4 is 11.6 Å². The molecule has 0 aliphatic carbocycles. The van der Waals surface area contributed by atoms with E-state index in [0.29, 0.717) is 37.6 Å². The van der Waals surface area contributed by atoms with Crippen molar-refractivity contribution in [3.63, 3.8) is 0 Å². The lowest BCUT2D eigenvalue weighted by molar-refractivity contribution is -0.121. The number of pyridine rings is 1. The predicted molar refractivity (Wildman–Crippen MR) is 139 cm³/mol. The summed E-state index contributed by atoms with van der Waals surface area (Å²) in [6.45, 7) is 18.2. The minimum Gasteiger partial charge on any atom is -0.388 e. The highest BCUT2D eigenvalue weighted by atomic mass is 16.5. The van der Waals surface area contributed by atoms with Gasteiger partial charge in [-0.25, -0.2) is 0 Å². The summed E-state index contributed by atoms with van der Waals surface area (Å²) in [6, 6.07) is 3.36. The number of anilines is 1. The van der Waals surface area contributed by atoms with Crippen LogP contribution in [0.2, 0.25) is 0 Å². The van der Waals surface area contributed by atoms with Crippen molar-refractivity contribution in [1.82, 2.24) is 20.1 Å². The minimum atomic E-state index is -0.547. The van der Waals surface area contributed by atoms with Gasteiger partial charge in [0, 0.05) is 67.5 Å². The van der Waals surface area contributed by atoms with Gasteiger partial charge in [-0.3, -0.25) is 19.6 Å². The van der Waals surface area contributed by atoms with E-state index < -0.39 is 6.10 Å². The molecule has 5 atom stereocenters. The van der Waals surface area contributed by atoms with Gasteiger partial charge in [0.15, 0.2) is 0 Å². The van der Waals surface area contributed by atoms with E-state index in [2.05, 4.69) is 56.7 Å². The first-order valence-corrected chi connectivity index (χ1v) is 13.4. The van der Waals surface area contributed by atoms with Crippen LogP contribution in [-0.4, -0.2) is 95.9 Å². The molecule has 1 aromatic heterocycles. The van der Waals surface area contributed by atoms with E-state index in [1.54, 1.807) is 6.20 Å². The van der Waals surface area contributed by atoms with E-state index in [4.69, 9.17) is 9.72 Å². The number of hydrogen-bond donors (Lipinski definition) is 2. The Morgan fingerprint density at radius 1 is 1.29 bits per heavy atom. The molecule has 0 saturated carbocycles. The number of piperazine rings is 1. The highest BCUT2D eigenvalue weighted by Crippen LogP contribution is 2.40. The number of ether oxygens (including phenoxy) is 1. The molecule has 4 heterocycles. The van der Waals surface area contributed by atoms with Crippen molar-refractivity contribution < 1.29 is 14.6 Å². The van der Waals surface area contributed by atoms with E-state index in [1.165, 1.54) is 0 Å². The van der Waals surface area contributed by atoms with Crippen molar-refractivity contribution in [2.24, 2.45) is 0 Å². The van der Waals surface area contributed by atoms with Gasteiger partial charge in [-0.2, -0.15) is 0 Å². The van der Waals surface area contributed by atoms with Crippen LogP contribution in [0.4, 0.5) is 5.69 Å². The van der Waals surface area contributed by atoms with Gasteiger partial charge in [0.2, 0.25) is 5.91 Å². The number of aliphatic hydroxyl groups excluding tert-OH is 1. The molecule has 3 aliphatic heterocycles. The Balaban J connectivity index is 1.52. The predicted octanol–water partition coefficient (Wildman–Crippen LogP) is 2.31. The summed E-state index contributed by atoms with van der Waals surface area (Å²) in [4.78, 5) is 25.3. The molecular weight excluding hydrogens is 442 g/mol. The van der Waals surface area contributed by atoms with Gasteiger partial charge in [-0.1, -0.05) is 27.2 Å². The lowest BCUT2D eigenvalue weighted by atomic mass is 9.91. The number of fused-ring (bicyclic) bond motifs is 1. The highest BCUT2D eigenvalue weighted by molar-refractivity contribution is 5.97. The van der Waals surface area contributed by atoms with Crippen molar-refractivity contribution in [2.45, 2.75) is 90.1 Å². The third-order valence-electron chi connectivity index (χ3n) is 7.96. The number of aliphatic hydroxyl groups is 1.